The normalized spacial score (nSPS) is 17.4. The van der Waals surface area contributed by atoms with Gasteiger partial charge < -0.3 is 10.2 Å². The van der Waals surface area contributed by atoms with E-state index >= 15 is 0 Å². The topological polar surface area (TPSA) is 41.1 Å². The number of nitrogens with zero attached hydrogens (tertiary/aromatic N) is 3. The predicted octanol–water partition coefficient (Wildman–Crippen LogP) is 2.74. The SMILES string of the molecule is CNc1ncc(F)c(N2c3ccccc3CC2C)n1. The van der Waals surface area contributed by atoms with E-state index in [0.29, 0.717) is 11.8 Å². The van der Waals surface area contributed by atoms with Crippen molar-refractivity contribution >= 4 is 17.5 Å². The highest BCUT2D eigenvalue weighted by Crippen LogP contribution is 2.38. The van der Waals surface area contributed by atoms with Gasteiger partial charge in [-0.05, 0) is 25.0 Å². The van der Waals surface area contributed by atoms with Crippen LogP contribution in [-0.2, 0) is 6.42 Å². The van der Waals surface area contributed by atoms with Crippen molar-refractivity contribution in [3.05, 3.63) is 41.8 Å². The van der Waals surface area contributed by atoms with E-state index in [1.165, 1.54) is 11.8 Å². The molecule has 0 saturated heterocycles. The Balaban J connectivity index is 2.12. The van der Waals surface area contributed by atoms with Gasteiger partial charge >= 0.3 is 0 Å². The molecule has 1 aliphatic heterocycles. The van der Waals surface area contributed by atoms with E-state index < -0.39 is 5.82 Å². The smallest absolute Gasteiger partial charge is 0.224 e. The molecule has 2 aromatic rings. The second-order valence-electron chi connectivity index (χ2n) is 4.67. The first-order valence-electron chi connectivity index (χ1n) is 6.28. The van der Waals surface area contributed by atoms with Crippen LogP contribution in [0.5, 0.6) is 0 Å². The molecule has 3 rings (SSSR count). The number of fused-ring (bicyclic) bond motifs is 1. The van der Waals surface area contributed by atoms with Gasteiger partial charge in [0.25, 0.3) is 0 Å². The van der Waals surface area contributed by atoms with Crippen molar-refractivity contribution in [1.29, 1.82) is 0 Å². The first kappa shape index (κ1) is 11.9. The highest BCUT2D eigenvalue weighted by atomic mass is 19.1. The fraction of sp³-hybridized carbons (Fsp3) is 0.286. The van der Waals surface area contributed by atoms with Crippen molar-refractivity contribution < 1.29 is 4.39 Å². The van der Waals surface area contributed by atoms with Gasteiger partial charge in [0.1, 0.15) is 0 Å². The number of rotatable bonds is 2. The van der Waals surface area contributed by atoms with Crippen LogP contribution in [0.2, 0.25) is 0 Å². The Labute approximate surface area is 111 Å². The monoisotopic (exact) mass is 258 g/mol. The number of halogens is 1. The van der Waals surface area contributed by atoms with E-state index in [2.05, 4.69) is 28.3 Å². The summed E-state index contributed by atoms with van der Waals surface area (Å²) >= 11 is 0. The maximum Gasteiger partial charge on any atom is 0.224 e. The lowest BCUT2D eigenvalue weighted by Gasteiger charge is -2.24. The molecule has 19 heavy (non-hydrogen) atoms. The van der Waals surface area contributed by atoms with Crippen LogP contribution in [0.25, 0.3) is 0 Å². The van der Waals surface area contributed by atoms with Crippen molar-refractivity contribution in [1.82, 2.24) is 9.97 Å². The summed E-state index contributed by atoms with van der Waals surface area (Å²) in [6, 6.07) is 8.22. The van der Waals surface area contributed by atoms with Crippen LogP contribution in [0.4, 0.5) is 21.8 Å². The summed E-state index contributed by atoms with van der Waals surface area (Å²) in [4.78, 5) is 10.1. The minimum absolute atomic E-state index is 0.187. The Bertz CT molecular complexity index is 614. The van der Waals surface area contributed by atoms with Crippen LogP contribution >= 0.6 is 0 Å². The molecular weight excluding hydrogens is 243 g/mol. The molecule has 0 amide bonds. The summed E-state index contributed by atoms with van der Waals surface area (Å²) in [5, 5.41) is 2.84. The Hall–Kier alpha value is -2.17. The number of nitrogens with one attached hydrogen (secondary N) is 1. The highest BCUT2D eigenvalue weighted by Gasteiger charge is 2.29. The van der Waals surface area contributed by atoms with Crippen molar-refractivity contribution in [2.75, 3.05) is 17.3 Å². The van der Waals surface area contributed by atoms with E-state index in [1.54, 1.807) is 7.05 Å². The fourth-order valence-corrected chi connectivity index (χ4v) is 2.54. The predicted molar refractivity (Wildman–Crippen MR) is 73.3 cm³/mol. The molecule has 5 heteroatoms. The second kappa shape index (κ2) is 4.50. The molecule has 1 N–H and O–H groups in total. The summed E-state index contributed by atoms with van der Waals surface area (Å²) in [5.41, 5.74) is 2.24. The number of para-hydroxylation sites is 1. The molecule has 1 aromatic carbocycles. The van der Waals surface area contributed by atoms with Crippen LogP contribution in [0, 0.1) is 5.82 Å². The Kier molecular flexibility index (Phi) is 2.81. The van der Waals surface area contributed by atoms with Gasteiger partial charge in [-0.3, -0.25) is 0 Å². The molecule has 0 fully saturated rings. The number of aromatic nitrogens is 2. The number of benzene rings is 1. The average molecular weight is 258 g/mol. The van der Waals surface area contributed by atoms with Crippen molar-refractivity contribution in [2.24, 2.45) is 0 Å². The molecule has 0 radical (unpaired) electrons. The van der Waals surface area contributed by atoms with Gasteiger partial charge in [-0.1, -0.05) is 18.2 Å². The lowest BCUT2D eigenvalue weighted by atomic mass is 10.1. The first-order chi connectivity index (χ1) is 9.20. The van der Waals surface area contributed by atoms with Gasteiger partial charge in [-0.25, -0.2) is 9.37 Å². The first-order valence-corrected chi connectivity index (χ1v) is 6.28. The van der Waals surface area contributed by atoms with Gasteiger partial charge in [-0.15, -0.1) is 0 Å². The largest absolute Gasteiger partial charge is 0.357 e. The summed E-state index contributed by atoms with van der Waals surface area (Å²) in [6.07, 6.45) is 2.11. The maximum absolute atomic E-state index is 14.0. The molecule has 2 heterocycles. The number of anilines is 3. The third kappa shape index (κ3) is 1.91. The third-order valence-electron chi connectivity index (χ3n) is 3.38. The van der Waals surface area contributed by atoms with E-state index in [9.17, 15) is 4.39 Å². The molecule has 1 unspecified atom stereocenters. The second-order valence-corrected chi connectivity index (χ2v) is 4.67. The molecule has 0 saturated carbocycles. The molecule has 0 spiro atoms. The van der Waals surface area contributed by atoms with E-state index in [4.69, 9.17) is 0 Å². The quantitative estimate of drug-likeness (QED) is 0.899. The molecule has 0 aliphatic carbocycles. The Morgan fingerprint density at radius 2 is 2.16 bits per heavy atom. The molecule has 1 aliphatic rings. The van der Waals surface area contributed by atoms with Gasteiger partial charge in [0, 0.05) is 18.8 Å². The Morgan fingerprint density at radius 3 is 2.95 bits per heavy atom. The summed E-state index contributed by atoms with van der Waals surface area (Å²) in [7, 11) is 1.72. The lowest BCUT2D eigenvalue weighted by Crippen LogP contribution is -2.26. The van der Waals surface area contributed by atoms with Gasteiger partial charge in [-0.2, -0.15) is 4.98 Å². The van der Waals surface area contributed by atoms with Gasteiger partial charge in [0.2, 0.25) is 5.95 Å². The average Bonchev–Trinajstić information content (AvgIpc) is 2.75. The Morgan fingerprint density at radius 1 is 1.37 bits per heavy atom. The van der Waals surface area contributed by atoms with E-state index in [1.807, 2.05) is 23.1 Å². The number of hydrogen-bond acceptors (Lipinski definition) is 4. The zero-order valence-corrected chi connectivity index (χ0v) is 10.9. The summed E-state index contributed by atoms with van der Waals surface area (Å²) in [5.74, 6) is 0.354. The molecule has 1 atom stereocenters. The molecule has 0 bridgehead atoms. The zero-order chi connectivity index (χ0) is 13.4. The molecule has 98 valence electrons. The van der Waals surface area contributed by atoms with Crippen molar-refractivity contribution in [2.45, 2.75) is 19.4 Å². The highest BCUT2D eigenvalue weighted by molar-refractivity contribution is 5.69. The zero-order valence-electron chi connectivity index (χ0n) is 10.9. The van der Waals surface area contributed by atoms with Crippen LogP contribution < -0.4 is 10.2 Å². The van der Waals surface area contributed by atoms with Crippen LogP contribution in [0.1, 0.15) is 12.5 Å². The molecule has 1 aromatic heterocycles. The van der Waals surface area contributed by atoms with Crippen molar-refractivity contribution in [3.8, 4) is 0 Å². The fourth-order valence-electron chi connectivity index (χ4n) is 2.54. The summed E-state index contributed by atoms with van der Waals surface area (Å²) < 4.78 is 14.0. The standard InChI is InChI=1S/C14H15FN4/c1-9-7-10-5-3-4-6-12(10)19(9)13-11(15)8-17-14(16-2)18-13/h3-6,8-9H,7H2,1-2H3,(H,16,17,18). The summed E-state index contributed by atoms with van der Waals surface area (Å²) in [6.45, 7) is 2.07. The number of hydrogen-bond donors (Lipinski definition) is 1. The minimum atomic E-state index is -0.400. The minimum Gasteiger partial charge on any atom is -0.357 e. The van der Waals surface area contributed by atoms with Crippen LogP contribution in [-0.4, -0.2) is 23.1 Å². The lowest BCUT2D eigenvalue weighted by molar-refractivity contribution is 0.603. The molecule has 4 nitrogen and oxygen atoms in total. The molecular formula is C14H15FN4. The van der Waals surface area contributed by atoms with E-state index in [-0.39, 0.29) is 6.04 Å². The van der Waals surface area contributed by atoms with Crippen LogP contribution in [0.3, 0.4) is 0 Å². The van der Waals surface area contributed by atoms with Crippen LogP contribution in [0.15, 0.2) is 30.5 Å². The van der Waals surface area contributed by atoms with Gasteiger partial charge in [0.05, 0.1) is 6.20 Å². The maximum atomic E-state index is 14.0. The third-order valence-corrected chi connectivity index (χ3v) is 3.38. The van der Waals surface area contributed by atoms with E-state index in [0.717, 1.165) is 12.1 Å². The van der Waals surface area contributed by atoms with Gasteiger partial charge in [0.15, 0.2) is 11.6 Å². The van der Waals surface area contributed by atoms with Crippen molar-refractivity contribution in [3.63, 3.8) is 0 Å².